The number of rotatable bonds is 8. The molecule has 0 atom stereocenters. The average Bonchev–Trinajstić information content (AvgIpc) is 3.22. The molecule has 0 aliphatic carbocycles. The summed E-state index contributed by atoms with van der Waals surface area (Å²) in [6, 6.07) is 20.9. The van der Waals surface area contributed by atoms with Gasteiger partial charge in [-0.05, 0) is 31.0 Å². The summed E-state index contributed by atoms with van der Waals surface area (Å²) in [5, 5.41) is 10.1. The number of hydrogen-bond donors (Lipinski definition) is 2. The average molecular weight is 376 g/mol. The Kier molecular flexibility index (Phi) is 6.57. The lowest BCUT2D eigenvalue weighted by Gasteiger charge is -2.17. The van der Waals surface area contributed by atoms with Gasteiger partial charge in [-0.3, -0.25) is 14.7 Å². The van der Waals surface area contributed by atoms with E-state index in [1.165, 1.54) is 0 Å². The molecule has 2 aromatic carbocycles. The summed E-state index contributed by atoms with van der Waals surface area (Å²) >= 11 is 0. The summed E-state index contributed by atoms with van der Waals surface area (Å²) < 4.78 is 0. The molecule has 3 aromatic rings. The maximum absolute atomic E-state index is 12.2. The van der Waals surface area contributed by atoms with E-state index < -0.39 is 0 Å². The molecule has 2 N–H and O–H groups in total. The standard InChI is InChI=1S/C22H24N4O2/c1-26(21(27)16-23-22(28)18-11-6-3-7-12-18)14-8-13-19-15-20(25-24-19)17-9-4-2-5-10-17/h2-7,9-12,15H,8,13-14,16H2,1H3,(H,23,28)(H,24,25). The Hall–Kier alpha value is -3.41. The van der Waals surface area contributed by atoms with Gasteiger partial charge in [0.1, 0.15) is 0 Å². The lowest BCUT2D eigenvalue weighted by atomic mass is 10.1. The Morgan fingerprint density at radius 2 is 1.71 bits per heavy atom. The summed E-state index contributed by atoms with van der Waals surface area (Å²) in [5.74, 6) is -0.355. The van der Waals surface area contributed by atoms with Gasteiger partial charge in [0, 0.05) is 30.4 Å². The van der Waals surface area contributed by atoms with E-state index in [-0.39, 0.29) is 18.4 Å². The number of carbonyl (C=O) groups is 2. The van der Waals surface area contributed by atoms with Gasteiger partial charge in [0.05, 0.1) is 12.2 Å². The highest BCUT2D eigenvalue weighted by molar-refractivity contribution is 5.96. The van der Waals surface area contributed by atoms with Crippen molar-refractivity contribution in [2.75, 3.05) is 20.1 Å². The van der Waals surface area contributed by atoms with Crippen molar-refractivity contribution in [3.8, 4) is 11.3 Å². The zero-order valence-corrected chi connectivity index (χ0v) is 15.9. The van der Waals surface area contributed by atoms with Crippen molar-refractivity contribution in [1.82, 2.24) is 20.4 Å². The molecule has 0 spiro atoms. The van der Waals surface area contributed by atoms with Crippen molar-refractivity contribution >= 4 is 11.8 Å². The highest BCUT2D eigenvalue weighted by atomic mass is 16.2. The van der Waals surface area contributed by atoms with Crippen LogP contribution in [0, 0.1) is 0 Å². The highest BCUT2D eigenvalue weighted by Gasteiger charge is 2.12. The number of amides is 2. The molecule has 1 heterocycles. The first kappa shape index (κ1) is 19.4. The highest BCUT2D eigenvalue weighted by Crippen LogP contribution is 2.17. The molecule has 0 saturated carbocycles. The maximum Gasteiger partial charge on any atom is 0.251 e. The zero-order chi connectivity index (χ0) is 19.8. The Bertz CT molecular complexity index is 907. The number of aromatic nitrogens is 2. The van der Waals surface area contributed by atoms with E-state index in [1.54, 1.807) is 36.2 Å². The summed E-state index contributed by atoms with van der Waals surface area (Å²) in [6.45, 7) is 0.603. The monoisotopic (exact) mass is 376 g/mol. The number of likely N-dealkylation sites (N-methyl/N-ethyl adjacent to an activating group) is 1. The van der Waals surface area contributed by atoms with E-state index in [1.807, 2.05) is 42.5 Å². The van der Waals surface area contributed by atoms with E-state index in [0.717, 1.165) is 29.8 Å². The summed E-state index contributed by atoms with van der Waals surface area (Å²) in [7, 11) is 1.75. The van der Waals surface area contributed by atoms with Crippen LogP contribution in [0.1, 0.15) is 22.5 Å². The number of aryl methyl sites for hydroxylation is 1. The maximum atomic E-state index is 12.2. The third kappa shape index (κ3) is 5.30. The lowest BCUT2D eigenvalue weighted by molar-refractivity contribution is -0.128. The van der Waals surface area contributed by atoms with Gasteiger partial charge in [-0.1, -0.05) is 48.5 Å². The molecule has 2 amide bonds. The quantitative estimate of drug-likeness (QED) is 0.635. The van der Waals surface area contributed by atoms with Crippen molar-refractivity contribution in [3.05, 3.63) is 78.0 Å². The number of carbonyl (C=O) groups excluding carboxylic acids is 2. The summed E-state index contributed by atoms with van der Waals surface area (Å²) in [4.78, 5) is 25.8. The van der Waals surface area contributed by atoms with Crippen LogP contribution in [0.15, 0.2) is 66.7 Å². The Morgan fingerprint density at radius 3 is 2.43 bits per heavy atom. The van der Waals surface area contributed by atoms with E-state index in [4.69, 9.17) is 0 Å². The minimum atomic E-state index is -0.242. The van der Waals surface area contributed by atoms with Gasteiger partial charge in [0.2, 0.25) is 5.91 Å². The number of H-pyrrole nitrogens is 1. The minimum Gasteiger partial charge on any atom is -0.344 e. The Morgan fingerprint density at radius 1 is 1.04 bits per heavy atom. The fourth-order valence-electron chi connectivity index (χ4n) is 2.86. The first-order valence-corrected chi connectivity index (χ1v) is 9.30. The minimum absolute atomic E-state index is 0.00750. The zero-order valence-electron chi connectivity index (χ0n) is 15.9. The molecule has 28 heavy (non-hydrogen) atoms. The van der Waals surface area contributed by atoms with E-state index in [9.17, 15) is 9.59 Å². The molecular weight excluding hydrogens is 352 g/mol. The van der Waals surface area contributed by atoms with Crippen molar-refractivity contribution in [2.24, 2.45) is 0 Å². The van der Waals surface area contributed by atoms with Gasteiger partial charge in [0.15, 0.2) is 0 Å². The van der Waals surface area contributed by atoms with Gasteiger partial charge in [-0.25, -0.2) is 0 Å². The normalized spacial score (nSPS) is 10.5. The van der Waals surface area contributed by atoms with E-state index >= 15 is 0 Å². The second-order valence-electron chi connectivity index (χ2n) is 6.61. The number of benzene rings is 2. The molecule has 1 aromatic heterocycles. The molecule has 6 nitrogen and oxygen atoms in total. The smallest absolute Gasteiger partial charge is 0.251 e. The molecule has 144 valence electrons. The van der Waals surface area contributed by atoms with Crippen molar-refractivity contribution in [3.63, 3.8) is 0 Å². The molecule has 0 radical (unpaired) electrons. The molecule has 0 aliphatic rings. The Labute approximate surface area is 164 Å². The number of hydrogen-bond acceptors (Lipinski definition) is 3. The van der Waals surface area contributed by atoms with Gasteiger partial charge in [-0.2, -0.15) is 5.10 Å². The van der Waals surface area contributed by atoms with Crippen LogP contribution < -0.4 is 5.32 Å². The van der Waals surface area contributed by atoms with Gasteiger partial charge in [-0.15, -0.1) is 0 Å². The second-order valence-corrected chi connectivity index (χ2v) is 6.61. The second kappa shape index (κ2) is 9.50. The molecule has 0 fully saturated rings. The molecule has 3 rings (SSSR count). The van der Waals surface area contributed by atoms with Crippen molar-refractivity contribution in [1.29, 1.82) is 0 Å². The molecule has 0 aliphatic heterocycles. The van der Waals surface area contributed by atoms with Gasteiger partial charge in [0.25, 0.3) is 5.91 Å². The number of aromatic amines is 1. The van der Waals surface area contributed by atoms with Crippen LogP contribution in [0.4, 0.5) is 0 Å². The molecular formula is C22H24N4O2. The third-order valence-electron chi connectivity index (χ3n) is 4.50. The van der Waals surface area contributed by atoms with Crippen LogP contribution in [-0.2, 0) is 11.2 Å². The van der Waals surface area contributed by atoms with E-state index in [0.29, 0.717) is 12.1 Å². The summed E-state index contributed by atoms with van der Waals surface area (Å²) in [6.07, 6.45) is 1.61. The first-order chi connectivity index (χ1) is 13.6. The van der Waals surface area contributed by atoms with Crippen LogP contribution in [0.25, 0.3) is 11.3 Å². The fourth-order valence-corrected chi connectivity index (χ4v) is 2.86. The largest absolute Gasteiger partial charge is 0.344 e. The van der Waals surface area contributed by atoms with Crippen LogP contribution in [-0.4, -0.2) is 47.0 Å². The topological polar surface area (TPSA) is 78.1 Å². The molecule has 0 saturated heterocycles. The van der Waals surface area contributed by atoms with Crippen molar-refractivity contribution < 1.29 is 9.59 Å². The summed E-state index contributed by atoms with van der Waals surface area (Å²) in [5.41, 5.74) is 3.58. The first-order valence-electron chi connectivity index (χ1n) is 9.30. The van der Waals surface area contributed by atoms with E-state index in [2.05, 4.69) is 15.5 Å². The Balaban J connectivity index is 1.40. The van der Waals surface area contributed by atoms with Gasteiger partial charge >= 0.3 is 0 Å². The lowest BCUT2D eigenvalue weighted by Crippen LogP contribution is -2.38. The number of nitrogens with zero attached hydrogens (tertiary/aromatic N) is 2. The fraction of sp³-hybridized carbons (Fsp3) is 0.227. The molecule has 0 bridgehead atoms. The van der Waals surface area contributed by atoms with Crippen LogP contribution in [0.2, 0.25) is 0 Å². The van der Waals surface area contributed by atoms with Gasteiger partial charge < -0.3 is 10.2 Å². The molecule has 0 unspecified atom stereocenters. The van der Waals surface area contributed by atoms with Crippen LogP contribution >= 0.6 is 0 Å². The molecule has 6 heteroatoms. The van der Waals surface area contributed by atoms with Crippen molar-refractivity contribution in [2.45, 2.75) is 12.8 Å². The predicted molar refractivity (Wildman–Crippen MR) is 109 cm³/mol. The van der Waals surface area contributed by atoms with Crippen LogP contribution in [0.5, 0.6) is 0 Å². The van der Waals surface area contributed by atoms with Crippen LogP contribution in [0.3, 0.4) is 0 Å². The number of nitrogens with one attached hydrogen (secondary N) is 2. The third-order valence-corrected chi connectivity index (χ3v) is 4.50. The SMILES string of the molecule is CN(CCCc1cc(-c2ccccc2)n[nH]1)C(=O)CNC(=O)c1ccccc1. The predicted octanol–water partition coefficient (Wildman–Crippen LogP) is 2.90.